The lowest BCUT2D eigenvalue weighted by molar-refractivity contribution is 0.143. The van der Waals surface area contributed by atoms with Crippen LogP contribution in [0.5, 0.6) is 5.75 Å². The van der Waals surface area contributed by atoms with Gasteiger partial charge in [0, 0.05) is 31.4 Å². The average molecular weight is 417 g/mol. The molecule has 5 rings (SSSR count). The molecule has 152 valence electrons. The van der Waals surface area contributed by atoms with Crippen LogP contribution < -0.4 is 20.8 Å². The summed E-state index contributed by atoms with van der Waals surface area (Å²) in [6.07, 6.45) is 8.48. The molecule has 1 saturated heterocycles. The first kappa shape index (κ1) is 18.4. The van der Waals surface area contributed by atoms with Crippen LogP contribution in [0.2, 0.25) is 5.02 Å². The molecule has 0 aromatic carbocycles. The topological polar surface area (TPSA) is 111 Å². The van der Waals surface area contributed by atoms with Gasteiger partial charge in [0.2, 0.25) is 5.43 Å². The SMILES string of the molecule is N[C@@H]1C=CC[C@@H]2CN(c3ncc4c(=O)c(OC(=O)O)cn(C5CC5)c4c3Cl)C[C@@H]21. The standard InChI is InChI=1S/C20H21ClN4O4/c21-16-17-12(18(26)15(29-20(27)28)9-25(17)11-4-5-11)6-23-19(16)24-7-10-2-1-3-14(22)13(10)8-24/h1,3,6,9-11,13-14H,2,4-5,7-8,22H2,(H,27,28)/t10-,13+,14-/m1/s1. The third kappa shape index (κ3) is 3.07. The summed E-state index contributed by atoms with van der Waals surface area (Å²) in [5.74, 6) is 1.22. The number of nitrogens with two attached hydrogens (primary N) is 1. The van der Waals surface area contributed by atoms with Crippen molar-refractivity contribution in [3.8, 4) is 5.75 Å². The fourth-order valence-electron chi connectivity index (χ4n) is 4.60. The Labute approximate surface area is 171 Å². The number of hydrogen-bond donors (Lipinski definition) is 2. The number of hydrogen-bond acceptors (Lipinski definition) is 6. The molecule has 3 N–H and O–H groups in total. The molecule has 0 radical (unpaired) electrons. The smallest absolute Gasteiger partial charge is 0.449 e. The van der Waals surface area contributed by atoms with Gasteiger partial charge in [-0.1, -0.05) is 23.8 Å². The molecule has 0 bridgehead atoms. The summed E-state index contributed by atoms with van der Waals surface area (Å²) in [4.78, 5) is 30.4. The molecule has 0 spiro atoms. The Morgan fingerprint density at radius 3 is 2.83 bits per heavy atom. The fraction of sp³-hybridized carbons (Fsp3) is 0.450. The Bertz CT molecular complexity index is 1090. The summed E-state index contributed by atoms with van der Waals surface area (Å²) in [5.41, 5.74) is 6.32. The summed E-state index contributed by atoms with van der Waals surface area (Å²) >= 11 is 6.79. The number of fused-ring (bicyclic) bond motifs is 2. The molecule has 0 unspecified atom stereocenters. The van der Waals surface area contributed by atoms with Crippen molar-refractivity contribution in [3.63, 3.8) is 0 Å². The van der Waals surface area contributed by atoms with Crippen LogP contribution in [0, 0.1) is 11.8 Å². The Balaban J connectivity index is 1.61. The van der Waals surface area contributed by atoms with Gasteiger partial charge in [-0.15, -0.1) is 0 Å². The van der Waals surface area contributed by atoms with Crippen LogP contribution in [0.25, 0.3) is 10.9 Å². The van der Waals surface area contributed by atoms with E-state index < -0.39 is 11.6 Å². The molecule has 2 aromatic heterocycles. The second-order valence-electron chi connectivity index (χ2n) is 8.06. The van der Waals surface area contributed by atoms with Crippen LogP contribution in [-0.4, -0.2) is 39.9 Å². The number of ether oxygens (including phenoxy) is 1. The molecule has 29 heavy (non-hydrogen) atoms. The zero-order valence-electron chi connectivity index (χ0n) is 15.6. The summed E-state index contributed by atoms with van der Waals surface area (Å²) in [5, 5.41) is 9.61. The number of carbonyl (C=O) groups is 1. The van der Waals surface area contributed by atoms with Crippen molar-refractivity contribution in [3.05, 3.63) is 39.8 Å². The highest BCUT2D eigenvalue weighted by Crippen LogP contribution is 2.42. The Morgan fingerprint density at radius 2 is 2.14 bits per heavy atom. The molecule has 3 atom stereocenters. The molecule has 1 aliphatic heterocycles. The molecule has 3 aliphatic rings. The highest BCUT2D eigenvalue weighted by Gasteiger charge is 2.38. The minimum atomic E-state index is -1.52. The van der Waals surface area contributed by atoms with E-state index >= 15 is 0 Å². The van der Waals surface area contributed by atoms with Crippen molar-refractivity contribution in [2.24, 2.45) is 17.6 Å². The molecular formula is C20H21ClN4O4. The van der Waals surface area contributed by atoms with Crippen molar-refractivity contribution >= 4 is 34.5 Å². The van der Waals surface area contributed by atoms with E-state index in [1.54, 1.807) is 0 Å². The van der Waals surface area contributed by atoms with E-state index in [4.69, 9.17) is 27.2 Å². The zero-order chi connectivity index (χ0) is 20.3. The van der Waals surface area contributed by atoms with Crippen LogP contribution in [-0.2, 0) is 0 Å². The number of pyridine rings is 2. The lowest BCUT2D eigenvalue weighted by atomic mass is 9.83. The lowest BCUT2D eigenvalue weighted by Gasteiger charge is -2.25. The minimum absolute atomic E-state index is 0.0263. The van der Waals surface area contributed by atoms with Crippen LogP contribution in [0.15, 0.2) is 29.3 Å². The van der Waals surface area contributed by atoms with Gasteiger partial charge in [0.1, 0.15) is 10.8 Å². The number of anilines is 1. The second-order valence-corrected chi connectivity index (χ2v) is 8.44. The van der Waals surface area contributed by atoms with E-state index in [0.717, 1.165) is 32.4 Å². The molecule has 2 aliphatic carbocycles. The monoisotopic (exact) mass is 416 g/mol. The maximum Gasteiger partial charge on any atom is 0.511 e. The lowest BCUT2D eigenvalue weighted by Crippen LogP contribution is -2.35. The first-order chi connectivity index (χ1) is 13.9. The zero-order valence-corrected chi connectivity index (χ0v) is 16.4. The third-order valence-corrected chi connectivity index (χ3v) is 6.53. The molecule has 9 heteroatoms. The largest absolute Gasteiger partial charge is 0.511 e. The van der Waals surface area contributed by atoms with Gasteiger partial charge in [-0.3, -0.25) is 4.79 Å². The predicted octanol–water partition coefficient (Wildman–Crippen LogP) is 2.78. The van der Waals surface area contributed by atoms with Crippen molar-refractivity contribution in [2.75, 3.05) is 18.0 Å². The van der Waals surface area contributed by atoms with Crippen molar-refractivity contribution in [2.45, 2.75) is 31.3 Å². The Hall–Kier alpha value is -2.58. The minimum Gasteiger partial charge on any atom is -0.449 e. The maximum absolute atomic E-state index is 12.8. The molecule has 2 aromatic rings. The summed E-state index contributed by atoms with van der Waals surface area (Å²) in [6, 6.07) is 0.194. The van der Waals surface area contributed by atoms with Gasteiger partial charge < -0.3 is 25.0 Å². The van der Waals surface area contributed by atoms with Crippen LogP contribution >= 0.6 is 11.6 Å². The number of halogens is 1. The summed E-state index contributed by atoms with van der Waals surface area (Å²) < 4.78 is 6.56. The van der Waals surface area contributed by atoms with Gasteiger partial charge in [-0.25, -0.2) is 9.78 Å². The maximum atomic E-state index is 12.8. The molecule has 0 amide bonds. The quantitative estimate of drug-likeness (QED) is 0.584. The normalized spacial score (nSPS) is 26.0. The Morgan fingerprint density at radius 1 is 1.34 bits per heavy atom. The molecule has 2 fully saturated rings. The highest BCUT2D eigenvalue weighted by atomic mass is 35.5. The van der Waals surface area contributed by atoms with Gasteiger partial charge in [0.25, 0.3) is 0 Å². The van der Waals surface area contributed by atoms with E-state index in [1.807, 2.05) is 4.57 Å². The first-order valence-corrected chi connectivity index (χ1v) is 10.1. The number of carboxylic acid groups (broad SMARTS) is 1. The second kappa shape index (κ2) is 6.74. The number of allylic oxidation sites excluding steroid dienone is 1. The van der Waals surface area contributed by atoms with Gasteiger partial charge in [0.05, 0.1) is 17.1 Å². The summed E-state index contributed by atoms with van der Waals surface area (Å²) in [7, 11) is 0. The van der Waals surface area contributed by atoms with E-state index in [0.29, 0.717) is 28.2 Å². The van der Waals surface area contributed by atoms with Crippen molar-refractivity contribution in [1.29, 1.82) is 0 Å². The van der Waals surface area contributed by atoms with Crippen LogP contribution in [0.1, 0.15) is 25.3 Å². The molecule has 8 nitrogen and oxygen atoms in total. The van der Waals surface area contributed by atoms with E-state index in [2.05, 4.69) is 22.0 Å². The van der Waals surface area contributed by atoms with Gasteiger partial charge in [0.15, 0.2) is 5.75 Å². The van der Waals surface area contributed by atoms with Crippen LogP contribution in [0.4, 0.5) is 10.6 Å². The Kier molecular flexibility index (Phi) is 4.29. The molecule has 3 heterocycles. The van der Waals surface area contributed by atoms with Crippen molar-refractivity contribution < 1.29 is 14.6 Å². The highest BCUT2D eigenvalue weighted by molar-refractivity contribution is 6.37. The van der Waals surface area contributed by atoms with Crippen LogP contribution in [0.3, 0.4) is 0 Å². The molecule has 1 saturated carbocycles. The van der Waals surface area contributed by atoms with Gasteiger partial charge in [-0.2, -0.15) is 0 Å². The van der Waals surface area contributed by atoms with Crippen molar-refractivity contribution in [1.82, 2.24) is 9.55 Å². The first-order valence-electron chi connectivity index (χ1n) is 9.75. The van der Waals surface area contributed by atoms with E-state index in [1.165, 1.54) is 12.4 Å². The third-order valence-electron chi connectivity index (χ3n) is 6.18. The van der Waals surface area contributed by atoms with Gasteiger partial charge in [-0.05, 0) is 31.1 Å². The number of rotatable bonds is 3. The number of aromatic nitrogens is 2. The predicted molar refractivity (Wildman–Crippen MR) is 109 cm³/mol. The fourth-order valence-corrected chi connectivity index (χ4v) is 4.97. The number of nitrogens with zero attached hydrogens (tertiary/aromatic N) is 3. The molecular weight excluding hydrogens is 396 g/mol. The summed E-state index contributed by atoms with van der Waals surface area (Å²) in [6.45, 7) is 1.58. The average Bonchev–Trinajstić information content (AvgIpc) is 3.43. The van der Waals surface area contributed by atoms with E-state index in [-0.39, 0.29) is 23.2 Å². The van der Waals surface area contributed by atoms with Gasteiger partial charge >= 0.3 is 6.16 Å². The van der Waals surface area contributed by atoms with E-state index in [9.17, 15) is 9.59 Å².